The monoisotopic (exact) mass is 390 g/mol. The Morgan fingerprint density at radius 2 is 1.89 bits per heavy atom. The zero-order valence-corrected chi connectivity index (χ0v) is 15.1. The van der Waals surface area contributed by atoms with Crippen molar-refractivity contribution in [3.8, 4) is 17.2 Å². The molecule has 0 saturated heterocycles. The largest absolute Gasteiger partial charge is 0.493 e. The van der Waals surface area contributed by atoms with E-state index < -0.39 is 4.92 Å². The maximum Gasteiger partial charge on any atom is 0.273 e. The van der Waals surface area contributed by atoms with E-state index in [9.17, 15) is 14.5 Å². The Bertz CT molecular complexity index is 930. The SMILES string of the molecule is COc1cc([N+](=O)[O-])ccc1OCc1csc(COc2ccc(F)cc2)n1. The Morgan fingerprint density at radius 3 is 2.59 bits per heavy atom. The molecular weight excluding hydrogens is 375 g/mol. The van der Waals surface area contributed by atoms with Crippen molar-refractivity contribution in [3.05, 3.63) is 74.5 Å². The van der Waals surface area contributed by atoms with Crippen LogP contribution in [0.2, 0.25) is 0 Å². The van der Waals surface area contributed by atoms with Gasteiger partial charge in [-0.2, -0.15) is 0 Å². The molecule has 9 heteroatoms. The molecule has 7 nitrogen and oxygen atoms in total. The molecule has 0 spiro atoms. The van der Waals surface area contributed by atoms with Gasteiger partial charge in [-0.3, -0.25) is 10.1 Å². The number of rotatable bonds is 8. The Morgan fingerprint density at radius 1 is 1.11 bits per heavy atom. The maximum atomic E-state index is 12.9. The zero-order chi connectivity index (χ0) is 19.2. The Kier molecular flexibility index (Phi) is 5.82. The van der Waals surface area contributed by atoms with Gasteiger partial charge in [0.2, 0.25) is 0 Å². The number of thiazole rings is 1. The summed E-state index contributed by atoms with van der Waals surface area (Å²) in [6, 6.07) is 9.89. The molecule has 3 aromatic rings. The highest BCUT2D eigenvalue weighted by molar-refractivity contribution is 7.09. The number of nitro benzene ring substituents is 1. The number of non-ortho nitro benzene ring substituents is 1. The van der Waals surface area contributed by atoms with E-state index in [2.05, 4.69) is 4.98 Å². The summed E-state index contributed by atoms with van der Waals surface area (Å²) < 4.78 is 29.2. The maximum absolute atomic E-state index is 12.9. The van der Waals surface area contributed by atoms with E-state index >= 15 is 0 Å². The molecular formula is C18H15FN2O5S. The number of benzene rings is 2. The lowest BCUT2D eigenvalue weighted by Gasteiger charge is -2.09. The van der Waals surface area contributed by atoms with Crippen molar-refractivity contribution in [3.63, 3.8) is 0 Å². The highest BCUT2D eigenvalue weighted by Crippen LogP contribution is 2.31. The van der Waals surface area contributed by atoms with Crippen LogP contribution in [0.1, 0.15) is 10.7 Å². The van der Waals surface area contributed by atoms with Gasteiger partial charge in [-0.25, -0.2) is 9.37 Å². The smallest absolute Gasteiger partial charge is 0.273 e. The predicted molar refractivity (Wildman–Crippen MR) is 96.8 cm³/mol. The average Bonchev–Trinajstić information content (AvgIpc) is 3.13. The van der Waals surface area contributed by atoms with Gasteiger partial charge < -0.3 is 14.2 Å². The van der Waals surface area contributed by atoms with Gasteiger partial charge in [-0.05, 0) is 30.3 Å². The highest BCUT2D eigenvalue weighted by atomic mass is 32.1. The van der Waals surface area contributed by atoms with E-state index in [0.29, 0.717) is 17.2 Å². The number of nitrogens with zero attached hydrogens (tertiary/aromatic N) is 2. The van der Waals surface area contributed by atoms with Gasteiger partial charge in [-0.15, -0.1) is 11.3 Å². The minimum atomic E-state index is -0.500. The lowest BCUT2D eigenvalue weighted by atomic mass is 10.3. The fourth-order valence-electron chi connectivity index (χ4n) is 2.20. The van der Waals surface area contributed by atoms with Crippen LogP contribution in [0, 0.1) is 15.9 Å². The summed E-state index contributed by atoms with van der Waals surface area (Å²) in [5.74, 6) is 0.900. The van der Waals surface area contributed by atoms with Crippen LogP contribution in [0.4, 0.5) is 10.1 Å². The van der Waals surface area contributed by atoms with E-state index in [4.69, 9.17) is 14.2 Å². The number of aromatic nitrogens is 1. The third-order valence-corrected chi connectivity index (χ3v) is 4.38. The molecule has 0 radical (unpaired) electrons. The van der Waals surface area contributed by atoms with Crippen LogP contribution >= 0.6 is 11.3 Å². The summed E-state index contributed by atoms with van der Waals surface area (Å²) in [6.45, 7) is 0.443. The molecule has 0 N–H and O–H groups in total. The second-order valence-corrected chi connectivity index (χ2v) is 6.30. The van der Waals surface area contributed by atoms with Crippen molar-refractivity contribution >= 4 is 17.0 Å². The molecule has 0 aliphatic carbocycles. The summed E-state index contributed by atoms with van der Waals surface area (Å²) in [4.78, 5) is 14.7. The van der Waals surface area contributed by atoms with Crippen LogP contribution in [0.25, 0.3) is 0 Å². The first-order chi connectivity index (χ1) is 13.0. The van der Waals surface area contributed by atoms with Crippen LogP contribution in [0.3, 0.4) is 0 Å². The average molecular weight is 390 g/mol. The standard InChI is InChI=1S/C18H15FN2O5S/c1-24-17-8-14(21(22)23)4-7-16(17)26-9-13-11-27-18(20-13)10-25-15-5-2-12(19)3-6-15/h2-8,11H,9-10H2,1H3. The molecule has 0 atom stereocenters. The molecule has 0 amide bonds. The number of halogens is 1. The van der Waals surface area contributed by atoms with Gasteiger partial charge in [-0.1, -0.05) is 0 Å². The van der Waals surface area contributed by atoms with Crippen LogP contribution in [0.15, 0.2) is 47.8 Å². The number of ether oxygens (including phenoxy) is 3. The van der Waals surface area contributed by atoms with Crippen molar-refractivity contribution in [2.75, 3.05) is 7.11 Å². The summed E-state index contributed by atoms with van der Waals surface area (Å²) in [5, 5.41) is 13.4. The molecule has 0 unspecified atom stereocenters. The number of methoxy groups -OCH3 is 1. The van der Waals surface area contributed by atoms with Gasteiger partial charge in [0.25, 0.3) is 5.69 Å². The van der Waals surface area contributed by atoms with E-state index in [1.807, 2.05) is 5.38 Å². The van der Waals surface area contributed by atoms with Crippen LogP contribution in [-0.2, 0) is 13.2 Å². The van der Waals surface area contributed by atoms with Crippen LogP contribution in [-0.4, -0.2) is 17.0 Å². The highest BCUT2D eigenvalue weighted by Gasteiger charge is 2.13. The fourth-order valence-corrected chi connectivity index (χ4v) is 2.89. The number of hydrogen-bond donors (Lipinski definition) is 0. The van der Waals surface area contributed by atoms with Gasteiger partial charge in [0.05, 0.1) is 23.8 Å². The third-order valence-electron chi connectivity index (χ3n) is 3.51. The summed E-state index contributed by atoms with van der Waals surface area (Å²) in [5.41, 5.74) is 0.617. The minimum absolute atomic E-state index is 0.0758. The molecule has 2 aromatic carbocycles. The Balaban J connectivity index is 1.58. The third kappa shape index (κ3) is 4.91. The molecule has 0 saturated carbocycles. The van der Waals surface area contributed by atoms with Gasteiger partial charge in [0, 0.05) is 11.4 Å². The molecule has 1 aromatic heterocycles. The van der Waals surface area contributed by atoms with Crippen molar-refractivity contribution in [2.24, 2.45) is 0 Å². The molecule has 0 fully saturated rings. The summed E-state index contributed by atoms with van der Waals surface area (Å²) in [6.07, 6.45) is 0. The topological polar surface area (TPSA) is 83.7 Å². The quantitative estimate of drug-likeness (QED) is 0.420. The first-order valence-corrected chi connectivity index (χ1v) is 8.70. The zero-order valence-electron chi connectivity index (χ0n) is 14.3. The Labute approximate surface area is 158 Å². The second kappa shape index (κ2) is 8.45. The summed E-state index contributed by atoms with van der Waals surface area (Å²) in [7, 11) is 1.42. The van der Waals surface area contributed by atoms with Gasteiger partial charge in [0.15, 0.2) is 11.5 Å². The van der Waals surface area contributed by atoms with Crippen molar-refractivity contribution < 1.29 is 23.5 Å². The molecule has 27 heavy (non-hydrogen) atoms. The minimum Gasteiger partial charge on any atom is -0.493 e. The number of nitro groups is 1. The lowest BCUT2D eigenvalue weighted by molar-refractivity contribution is -0.385. The van der Waals surface area contributed by atoms with E-state index in [-0.39, 0.29) is 30.5 Å². The fraction of sp³-hybridized carbons (Fsp3) is 0.167. The van der Waals surface area contributed by atoms with Crippen LogP contribution in [0.5, 0.6) is 17.2 Å². The predicted octanol–water partition coefficient (Wildman–Crippen LogP) is 4.36. The molecule has 140 valence electrons. The van der Waals surface area contributed by atoms with Crippen molar-refractivity contribution in [1.82, 2.24) is 4.98 Å². The van der Waals surface area contributed by atoms with Crippen molar-refractivity contribution in [2.45, 2.75) is 13.2 Å². The Hall–Kier alpha value is -3.20. The lowest BCUT2D eigenvalue weighted by Crippen LogP contribution is -2.00. The summed E-state index contributed by atoms with van der Waals surface area (Å²) >= 11 is 1.41. The first-order valence-electron chi connectivity index (χ1n) is 7.82. The van der Waals surface area contributed by atoms with Gasteiger partial charge >= 0.3 is 0 Å². The van der Waals surface area contributed by atoms with Crippen molar-refractivity contribution in [1.29, 1.82) is 0 Å². The van der Waals surface area contributed by atoms with Crippen LogP contribution < -0.4 is 14.2 Å². The second-order valence-electron chi connectivity index (χ2n) is 5.36. The molecule has 3 rings (SSSR count). The molecule has 0 aliphatic heterocycles. The molecule has 1 heterocycles. The molecule has 0 aliphatic rings. The normalized spacial score (nSPS) is 10.4. The number of hydrogen-bond acceptors (Lipinski definition) is 7. The van der Waals surface area contributed by atoms with E-state index in [1.165, 1.54) is 48.8 Å². The van der Waals surface area contributed by atoms with E-state index in [1.54, 1.807) is 12.1 Å². The van der Waals surface area contributed by atoms with Gasteiger partial charge in [0.1, 0.15) is 29.8 Å². The first kappa shape index (κ1) is 18.6. The van der Waals surface area contributed by atoms with E-state index in [0.717, 1.165) is 5.01 Å². The molecule has 0 bridgehead atoms.